The third kappa shape index (κ3) is 5.29. The van der Waals surface area contributed by atoms with Gasteiger partial charge in [0, 0.05) is 23.6 Å². The lowest BCUT2D eigenvalue weighted by Gasteiger charge is -2.25. The van der Waals surface area contributed by atoms with Crippen molar-refractivity contribution in [2.45, 2.75) is 33.7 Å². The third-order valence-corrected chi connectivity index (χ3v) is 6.12. The van der Waals surface area contributed by atoms with Gasteiger partial charge in [-0.05, 0) is 79.4 Å². The van der Waals surface area contributed by atoms with Crippen molar-refractivity contribution in [3.8, 4) is 5.75 Å². The molecule has 1 amide bonds. The van der Waals surface area contributed by atoms with E-state index in [0.717, 1.165) is 5.56 Å². The van der Waals surface area contributed by atoms with Crippen molar-refractivity contribution in [3.63, 3.8) is 0 Å². The van der Waals surface area contributed by atoms with Gasteiger partial charge in [-0.15, -0.1) is 0 Å². The lowest BCUT2D eigenvalue weighted by molar-refractivity contribution is -0.132. The molecule has 8 heteroatoms. The first kappa shape index (κ1) is 26.6. The van der Waals surface area contributed by atoms with Crippen LogP contribution in [-0.4, -0.2) is 41.0 Å². The number of benzene rings is 2. The number of aliphatic hydroxyl groups excluding tert-OH is 1. The molecule has 1 atom stereocenters. The minimum atomic E-state index is -0.922. The molecule has 4 rings (SSSR count). The van der Waals surface area contributed by atoms with Gasteiger partial charge in [0.05, 0.1) is 30.4 Å². The Labute approximate surface area is 221 Å². The normalized spacial score (nSPS) is 16.7. The summed E-state index contributed by atoms with van der Waals surface area (Å²) in [5.41, 5.74) is 2.39. The Bertz CT molecular complexity index is 1380. The molecule has 3 aromatic rings. The van der Waals surface area contributed by atoms with Gasteiger partial charge in [-0.25, -0.2) is 4.79 Å². The first-order valence-electron chi connectivity index (χ1n) is 12.4. The van der Waals surface area contributed by atoms with Crippen LogP contribution in [0.2, 0.25) is 0 Å². The summed E-state index contributed by atoms with van der Waals surface area (Å²) in [7, 11) is 0. The maximum Gasteiger partial charge on any atom is 0.338 e. The molecule has 38 heavy (non-hydrogen) atoms. The summed E-state index contributed by atoms with van der Waals surface area (Å²) in [6.45, 7) is 8.39. The SMILES string of the molecule is CCOc1ccc(/C(O)=C2/C(=O)C(=O)N(c3ccc(C(=O)OCC(C)C)cc3)C2c2cccnc2)cc1C. The highest BCUT2D eigenvalue weighted by Gasteiger charge is 2.47. The number of aryl methyl sites for hydroxylation is 1. The fraction of sp³-hybridized carbons (Fsp3) is 0.267. The number of hydrogen-bond donors (Lipinski definition) is 1. The molecule has 1 unspecified atom stereocenters. The minimum Gasteiger partial charge on any atom is -0.507 e. The zero-order valence-electron chi connectivity index (χ0n) is 21.8. The predicted octanol–water partition coefficient (Wildman–Crippen LogP) is 5.23. The number of Topliss-reactive ketones (excluding diaryl/α,β-unsaturated/α-hetero) is 1. The average molecular weight is 515 g/mol. The van der Waals surface area contributed by atoms with Crippen molar-refractivity contribution >= 4 is 29.1 Å². The molecule has 2 aromatic carbocycles. The van der Waals surface area contributed by atoms with Gasteiger partial charge >= 0.3 is 5.97 Å². The number of ether oxygens (including phenoxy) is 2. The molecule has 0 aliphatic carbocycles. The van der Waals surface area contributed by atoms with E-state index >= 15 is 0 Å². The summed E-state index contributed by atoms with van der Waals surface area (Å²) in [5.74, 6) is -1.51. The van der Waals surface area contributed by atoms with Gasteiger partial charge in [0.25, 0.3) is 11.7 Å². The number of ketones is 1. The molecule has 0 spiro atoms. The number of carbonyl (C=O) groups is 3. The van der Waals surface area contributed by atoms with Crippen LogP contribution in [0.1, 0.15) is 53.9 Å². The Morgan fingerprint density at radius 1 is 1.08 bits per heavy atom. The van der Waals surface area contributed by atoms with E-state index in [4.69, 9.17) is 9.47 Å². The largest absolute Gasteiger partial charge is 0.507 e. The molecule has 0 radical (unpaired) electrons. The number of aliphatic hydroxyl groups is 1. The van der Waals surface area contributed by atoms with Crippen LogP contribution >= 0.6 is 0 Å². The monoisotopic (exact) mass is 514 g/mol. The standard InChI is InChI=1S/C30H30N2O6/c1-5-37-24-13-10-21(15-19(24)4)27(33)25-26(22-7-6-14-31-16-22)32(29(35)28(25)34)23-11-8-20(9-12-23)30(36)38-17-18(2)3/h6-16,18,26,33H,5,17H2,1-4H3/b27-25-. The molecule has 1 aromatic heterocycles. The summed E-state index contributed by atoms with van der Waals surface area (Å²) < 4.78 is 10.9. The van der Waals surface area contributed by atoms with Crippen LogP contribution in [0.5, 0.6) is 5.75 Å². The summed E-state index contributed by atoms with van der Waals surface area (Å²) in [6.07, 6.45) is 3.14. The highest BCUT2D eigenvalue weighted by atomic mass is 16.5. The van der Waals surface area contributed by atoms with Crippen molar-refractivity contribution in [1.82, 2.24) is 4.98 Å². The van der Waals surface area contributed by atoms with Gasteiger partial charge in [-0.3, -0.25) is 19.5 Å². The Hall–Kier alpha value is -4.46. The Morgan fingerprint density at radius 3 is 2.39 bits per heavy atom. The quantitative estimate of drug-likeness (QED) is 0.190. The Kier molecular flexibility index (Phi) is 7.90. The van der Waals surface area contributed by atoms with Crippen molar-refractivity contribution < 1.29 is 29.0 Å². The van der Waals surface area contributed by atoms with Gasteiger partial charge in [-0.1, -0.05) is 19.9 Å². The zero-order chi connectivity index (χ0) is 27.4. The van der Waals surface area contributed by atoms with E-state index in [9.17, 15) is 19.5 Å². The van der Waals surface area contributed by atoms with E-state index in [2.05, 4.69) is 4.98 Å². The van der Waals surface area contributed by atoms with Crippen LogP contribution in [0.3, 0.4) is 0 Å². The van der Waals surface area contributed by atoms with Crippen LogP contribution < -0.4 is 9.64 Å². The highest BCUT2D eigenvalue weighted by molar-refractivity contribution is 6.51. The molecule has 0 bridgehead atoms. The predicted molar refractivity (Wildman–Crippen MR) is 143 cm³/mol. The van der Waals surface area contributed by atoms with Crippen LogP contribution in [-0.2, 0) is 14.3 Å². The number of esters is 1. The summed E-state index contributed by atoms with van der Waals surface area (Å²) in [5, 5.41) is 11.3. The van der Waals surface area contributed by atoms with Crippen molar-refractivity contribution in [2.75, 3.05) is 18.1 Å². The number of rotatable bonds is 8. The highest BCUT2D eigenvalue weighted by Crippen LogP contribution is 2.42. The number of pyridine rings is 1. The zero-order valence-corrected chi connectivity index (χ0v) is 21.8. The molecular weight excluding hydrogens is 484 g/mol. The minimum absolute atomic E-state index is 0.0491. The molecule has 1 aliphatic rings. The number of aromatic nitrogens is 1. The summed E-state index contributed by atoms with van der Waals surface area (Å²) >= 11 is 0. The van der Waals surface area contributed by atoms with Crippen LogP contribution in [0, 0.1) is 12.8 Å². The van der Waals surface area contributed by atoms with E-state index < -0.39 is 23.7 Å². The molecule has 8 nitrogen and oxygen atoms in total. The van der Waals surface area contributed by atoms with Crippen molar-refractivity contribution in [2.24, 2.45) is 5.92 Å². The fourth-order valence-corrected chi connectivity index (χ4v) is 4.31. The van der Waals surface area contributed by atoms with E-state index in [1.807, 2.05) is 27.7 Å². The number of hydrogen-bond acceptors (Lipinski definition) is 7. The van der Waals surface area contributed by atoms with Gasteiger partial charge in [0.1, 0.15) is 11.5 Å². The van der Waals surface area contributed by atoms with Gasteiger partial charge in [-0.2, -0.15) is 0 Å². The van der Waals surface area contributed by atoms with Crippen molar-refractivity contribution in [3.05, 3.63) is 94.8 Å². The topological polar surface area (TPSA) is 106 Å². The smallest absolute Gasteiger partial charge is 0.338 e. The van der Waals surface area contributed by atoms with Gasteiger partial charge in [0.2, 0.25) is 0 Å². The second kappa shape index (κ2) is 11.3. The van der Waals surface area contributed by atoms with Crippen LogP contribution in [0.15, 0.2) is 72.6 Å². The third-order valence-electron chi connectivity index (χ3n) is 6.12. The lowest BCUT2D eigenvalue weighted by atomic mass is 9.95. The second-order valence-electron chi connectivity index (χ2n) is 9.41. The molecule has 1 aliphatic heterocycles. The van der Waals surface area contributed by atoms with E-state index in [0.29, 0.717) is 41.3 Å². The molecule has 1 fully saturated rings. The van der Waals surface area contributed by atoms with Crippen molar-refractivity contribution in [1.29, 1.82) is 0 Å². The first-order chi connectivity index (χ1) is 18.2. The Balaban J connectivity index is 1.77. The van der Waals surface area contributed by atoms with Gasteiger partial charge < -0.3 is 14.6 Å². The number of nitrogens with zero attached hydrogens (tertiary/aromatic N) is 2. The van der Waals surface area contributed by atoms with Crippen LogP contribution in [0.25, 0.3) is 5.76 Å². The Morgan fingerprint density at radius 2 is 1.79 bits per heavy atom. The second-order valence-corrected chi connectivity index (χ2v) is 9.41. The number of anilines is 1. The maximum absolute atomic E-state index is 13.3. The van der Waals surface area contributed by atoms with Gasteiger partial charge in [0.15, 0.2) is 0 Å². The average Bonchev–Trinajstić information content (AvgIpc) is 3.18. The first-order valence-corrected chi connectivity index (χ1v) is 12.4. The van der Waals surface area contributed by atoms with E-state index in [-0.39, 0.29) is 17.3 Å². The molecule has 1 N–H and O–H groups in total. The summed E-state index contributed by atoms with van der Waals surface area (Å²) in [4.78, 5) is 44.5. The molecule has 196 valence electrons. The fourth-order valence-electron chi connectivity index (χ4n) is 4.31. The molecule has 0 saturated carbocycles. The summed E-state index contributed by atoms with van der Waals surface area (Å²) in [6, 6.07) is 13.9. The molecular formula is C30H30N2O6. The number of carbonyl (C=O) groups excluding carboxylic acids is 3. The van der Waals surface area contributed by atoms with E-state index in [1.165, 1.54) is 4.90 Å². The van der Waals surface area contributed by atoms with E-state index in [1.54, 1.807) is 67.0 Å². The van der Waals surface area contributed by atoms with Crippen LogP contribution in [0.4, 0.5) is 5.69 Å². The lowest BCUT2D eigenvalue weighted by Crippen LogP contribution is -2.29. The maximum atomic E-state index is 13.3. The number of amides is 1. The molecule has 1 saturated heterocycles. The molecule has 2 heterocycles.